The minimum atomic E-state index is -4.89. The Kier molecular flexibility index (Phi) is 7.61. The molecule has 0 radical (unpaired) electrons. The standard InChI is InChI=1S/C23H28FN8O7P/c1-23(2)21(33)32(13-38-40(34,35)36)20-16(39-23)4-5-17(29-20)28-19-15(24)12-26-22(30-19)27-14-3-6-18(25-11-14)31-7-9-37-10-8-31/h3-6,11-12,19H,7-10,13H2,1-2H3,(H,28,29)(H2,26,27,30)(H2,34,35,36). The number of carbonyl (C=O) groups excluding carboxylic acids is 1. The third kappa shape index (κ3) is 6.32. The maximum Gasteiger partial charge on any atom is 0.471 e. The molecule has 1 amide bonds. The molecule has 5 N–H and O–H groups in total. The Morgan fingerprint density at radius 1 is 1.25 bits per heavy atom. The van der Waals surface area contributed by atoms with E-state index >= 15 is 0 Å². The number of aromatic nitrogens is 2. The summed E-state index contributed by atoms with van der Waals surface area (Å²) in [6, 6.07) is 6.69. The van der Waals surface area contributed by atoms with E-state index in [1.54, 1.807) is 6.20 Å². The number of amides is 1. The number of nitrogens with one attached hydrogen (secondary N) is 3. The highest BCUT2D eigenvalue weighted by Gasteiger charge is 2.43. The normalized spacial score (nSPS) is 20.5. The molecule has 0 aromatic carbocycles. The number of carbonyl (C=O) groups is 1. The van der Waals surface area contributed by atoms with Crippen LogP contribution in [0.2, 0.25) is 0 Å². The molecule has 0 spiro atoms. The van der Waals surface area contributed by atoms with Crippen LogP contribution in [0.15, 0.2) is 47.5 Å². The van der Waals surface area contributed by atoms with Crippen LogP contribution >= 0.6 is 7.82 Å². The molecule has 5 heterocycles. The molecule has 2 aromatic heterocycles. The first-order valence-electron chi connectivity index (χ1n) is 12.2. The van der Waals surface area contributed by atoms with Gasteiger partial charge in [-0.25, -0.2) is 23.9 Å². The Labute approximate surface area is 228 Å². The highest BCUT2D eigenvalue weighted by Crippen LogP contribution is 2.41. The quantitative estimate of drug-likeness (QED) is 0.298. The maximum atomic E-state index is 14.7. The number of rotatable bonds is 7. The molecule has 3 aliphatic heterocycles. The third-order valence-electron chi connectivity index (χ3n) is 6.07. The third-order valence-corrected chi connectivity index (χ3v) is 6.52. The molecule has 0 aliphatic carbocycles. The van der Waals surface area contributed by atoms with Gasteiger partial charge in [-0.1, -0.05) is 0 Å². The van der Waals surface area contributed by atoms with Crippen LogP contribution in [-0.4, -0.2) is 76.4 Å². The summed E-state index contributed by atoms with van der Waals surface area (Å²) in [4.78, 5) is 47.3. The Hall–Kier alpha value is -3.82. The minimum Gasteiger partial charge on any atom is -0.474 e. The van der Waals surface area contributed by atoms with E-state index in [1.807, 2.05) is 12.1 Å². The van der Waals surface area contributed by atoms with Gasteiger partial charge in [0.2, 0.25) is 5.96 Å². The minimum absolute atomic E-state index is 0.0603. The number of morpholine rings is 1. The van der Waals surface area contributed by atoms with Crippen LogP contribution in [0.5, 0.6) is 5.75 Å². The summed E-state index contributed by atoms with van der Waals surface area (Å²) in [6.07, 6.45) is 1.60. The molecule has 1 saturated heterocycles. The van der Waals surface area contributed by atoms with Crippen molar-refractivity contribution >= 4 is 42.8 Å². The number of nitrogens with zero attached hydrogens (tertiary/aromatic N) is 5. The van der Waals surface area contributed by atoms with Crippen LogP contribution in [0.3, 0.4) is 0 Å². The number of anilines is 4. The molecular formula is C23H28FN8O7P. The first-order chi connectivity index (χ1) is 19.0. The number of ether oxygens (including phenoxy) is 2. The summed E-state index contributed by atoms with van der Waals surface area (Å²) in [5.41, 5.74) is -0.713. The number of pyridine rings is 2. The molecule has 3 aliphatic rings. The molecule has 2 aromatic rings. The van der Waals surface area contributed by atoms with Gasteiger partial charge in [0.15, 0.2) is 29.2 Å². The van der Waals surface area contributed by atoms with Crippen molar-refractivity contribution in [1.29, 1.82) is 0 Å². The summed E-state index contributed by atoms with van der Waals surface area (Å²) in [5, 5.41) is 8.62. The van der Waals surface area contributed by atoms with Crippen LogP contribution in [0.25, 0.3) is 0 Å². The summed E-state index contributed by atoms with van der Waals surface area (Å²) in [5.74, 6) is 0.0209. The molecule has 1 fully saturated rings. The van der Waals surface area contributed by atoms with Crippen molar-refractivity contribution in [2.24, 2.45) is 4.99 Å². The van der Waals surface area contributed by atoms with Gasteiger partial charge in [0.05, 0.1) is 25.1 Å². The number of phosphoric acid groups is 1. The van der Waals surface area contributed by atoms with E-state index in [2.05, 4.69) is 40.3 Å². The van der Waals surface area contributed by atoms with Crippen LogP contribution < -0.4 is 30.5 Å². The smallest absolute Gasteiger partial charge is 0.471 e. The fourth-order valence-corrected chi connectivity index (χ4v) is 4.38. The van der Waals surface area contributed by atoms with Gasteiger partial charge in [-0.15, -0.1) is 0 Å². The van der Waals surface area contributed by atoms with E-state index in [0.717, 1.165) is 30.0 Å². The summed E-state index contributed by atoms with van der Waals surface area (Å²) >= 11 is 0. The molecular weight excluding hydrogens is 550 g/mol. The fraction of sp³-hybridized carbons (Fsp3) is 0.391. The summed E-state index contributed by atoms with van der Waals surface area (Å²) < 4.78 is 41.6. The lowest BCUT2D eigenvalue weighted by atomic mass is 10.1. The van der Waals surface area contributed by atoms with Crippen LogP contribution in [0.1, 0.15) is 13.8 Å². The second kappa shape index (κ2) is 11.0. The second-order valence-electron chi connectivity index (χ2n) is 9.44. The van der Waals surface area contributed by atoms with Crippen LogP contribution in [0, 0.1) is 0 Å². The van der Waals surface area contributed by atoms with Crippen molar-refractivity contribution in [3.63, 3.8) is 0 Å². The highest BCUT2D eigenvalue weighted by atomic mass is 31.2. The number of guanidine groups is 1. The lowest BCUT2D eigenvalue weighted by Gasteiger charge is -2.37. The lowest BCUT2D eigenvalue weighted by Crippen LogP contribution is -2.53. The SMILES string of the molecule is CC1(C)Oc2ccc(NC3N=C(Nc4ccc(N5CCOCC5)nc4)NC=C3F)nc2N(COP(=O)(O)O)C1=O. The van der Waals surface area contributed by atoms with E-state index in [9.17, 15) is 13.8 Å². The van der Waals surface area contributed by atoms with Gasteiger partial charge in [0.25, 0.3) is 5.91 Å². The van der Waals surface area contributed by atoms with Crippen molar-refractivity contribution in [1.82, 2.24) is 15.3 Å². The average Bonchev–Trinajstić information content (AvgIpc) is 2.91. The monoisotopic (exact) mass is 578 g/mol. The summed E-state index contributed by atoms with van der Waals surface area (Å²) in [6.45, 7) is 5.04. The van der Waals surface area contributed by atoms with Gasteiger partial charge < -0.3 is 40.1 Å². The van der Waals surface area contributed by atoms with Gasteiger partial charge in [0.1, 0.15) is 18.4 Å². The topological polar surface area (TPSA) is 183 Å². The number of halogens is 1. The first-order valence-corrected chi connectivity index (χ1v) is 13.8. The fourth-order valence-electron chi connectivity index (χ4n) is 4.11. The van der Waals surface area contributed by atoms with E-state index in [0.29, 0.717) is 18.9 Å². The number of fused-ring (bicyclic) bond motifs is 1. The molecule has 17 heteroatoms. The maximum absolute atomic E-state index is 14.7. The van der Waals surface area contributed by atoms with Gasteiger partial charge in [0, 0.05) is 19.3 Å². The Balaban J connectivity index is 1.31. The Bertz CT molecular complexity index is 1380. The molecule has 40 heavy (non-hydrogen) atoms. The zero-order valence-electron chi connectivity index (χ0n) is 21.6. The van der Waals surface area contributed by atoms with Crippen molar-refractivity contribution in [3.8, 4) is 5.75 Å². The molecule has 1 unspecified atom stereocenters. The van der Waals surface area contributed by atoms with E-state index in [1.165, 1.54) is 26.0 Å². The molecule has 214 valence electrons. The van der Waals surface area contributed by atoms with Crippen molar-refractivity contribution in [3.05, 3.63) is 42.5 Å². The zero-order chi connectivity index (χ0) is 28.5. The molecule has 0 saturated carbocycles. The zero-order valence-corrected chi connectivity index (χ0v) is 22.5. The Morgan fingerprint density at radius 3 is 2.73 bits per heavy atom. The molecule has 5 rings (SSSR count). The number of aliphatic imine (C=N–C) groups is 1. The molecule has 1 atom stereocenters. The van der Waals surface area contributed by atoms with Gasteiger partial charge in [-0.05, 0) is 38.1 Å². The van der Waals surface area contributed by atoms with Gasteiger partial charge in [-0.3, -0.25) is 14.2 Å². The second-order valence-corrected chi connectivity index (χ2v) is 10.7. The average molecular weight is 578 g/mol. The number of hydrogen-bond donors (Lipinski definition) is 5. The first kappa shape index (κ1) is 27.7. The van der Waals surface area contributed by atoms with E-state index < -0.39 is 38.1 Å². The lowest BCUT2D eigenvalue weighted by molar-refractivity contribution is -0.133. The number of phosphoric ester groups is 1. The van der Waals surface area contributed by atoms with Gasteiger partial charge in [-0.2, -0.15) is 0 Å². The Morgan fingerprint density at radius 2 is 2.02 bits per heavy atom. The van der Waals surface area contributed by atoms with Crippen molar-refractivity contribution in [2.45, 2.75) is 25.6 Å². The van der Waals surface area contributed by atoms with Crippen LogP contribution in [0.4, 0.5) is 27.5 Å². The van der Waals surface area contributed by atoms with E-state index in [4.69, 9.17) is 19.3 Å². The van der Waals surface area contributed by atoms with Crippen LogP contribution in [-0.2, 0) is 18.6 Å². The van der Waals surface area contributed by atoms with Gasteiger partial charge >= 0.3 is 7.82 Å². The molecule has 15 nitrogen and oxygen atoms in total. The summed E-state index contributed by atoms with van der Waals surface area (Å²) in [7, 11) is -4.89. The predicted molar refractivity (Wildman–Crippen MR) is 142 cm³/mol. The van der Waals surface area contributed by atoms with E-state index in [-0.39, 0.29) is 23.3 Å². The molecule has 0 bridgehead atoms. The largest absolute Gasteiger partial charge is 0.474 e. The number of hydrogen-bond acceptors (Lipinski definition) is 12. The highest BCUT2D eigenvalue weighted by molar-refractivity contribution is 7.46. The van der Waals surface area contributed by atoms with Crippen molar-refractivity contribution < 1.29 is 37.5 Å². The van der Waals surface area contributed by atoms with Crippen molar-refractivity contribution in [2.75, 3.05) is 53.5 Å². The predicted octanol–water partition coefficient (Wildman–Crippen LogP) is 1.50.